The zero-order valence-electron chi connectivity index (χ0n) is 19.9. The third-order valence-corrected chi connectivity index (χ3v) is 7.06. The highest BCUT2D eigenvalue weighted by molar-refractivity contribution is 6.00. The Kier molecular flexibility index (Phi) is 6.44. The minimum absolute atomic E-state index is 0.0332. The largest absolute Gasteiger partial charge is 0.391 e. The van der Waals surface area contributed by atoms with Crippen LogP contribution in [0.4, 0.5) is 17.3 Å². The van der Waals surface area contributed by atoms with E-state index in [1.54, 1.807) is 47.6 Å². The predicted molar refractivity (Wildman–Crippen MR) is 131 cm³/mol. The first kappa shape index (κ1) is 23.3. The maximum absolute atomic E-state index is 13.1. The van der Waals surface area contributed by atoms with Crippen molar-refractivity contribution in [1.82, 2.24) is 24.5 Å². The van der Waals surface area contributed by atoms with Crippen molar-refractivity contribution >= 4 is 28.9 Å². The van der Waals surface area contributed by atoms with E-state index in [9.17, 15) is 14.7 Å². The Morgan fingerprint density at radius 3 is 2.83 bits per heavy atom. The summed E-state index contributed by atoms with van der Waals surface area (Å²) in [6.45, 7) is 0. The molecule has 11 nitrogen and oxygen atoms in total. The van der Waals surface area contributed by atoms with E-state index < -0.39 is 6.10 Å². The van der Waals surface area contributed by atoms with Crippen LogP contribution in [0.1, 0.15) is 54.9 Å². The smallest absolute Gasteiger partial charge is 0.274 e. The topological polar surface area (TPSA) is 135 Å². The van der Waals surface area contributed by atoms with Crippen molar-refractivity contribution in [2.45, 2.75) is 62.8 Å². The van der Waals surface area contributed by atoms with Gasteiger partial charge in [0.2, 0.25) is 0 Å². The van der Waals surface area contributed by atoms with Gasteiger partial charge in [-0.2, -0.15) is 9.61 Å². The first-order chi connectivity index (χ1) is 17.0. The van der Waals surface area contributed by atoms with Gasteiger partial charge in [0.05, 0.1) is 24.4 Å². The quantitative estimate of drug-likeness (QED) is 0.403. The number of nitrogens with zero attached hydrogens (tertiary/aromatic N) is 4. The van der Waals surface area contributed by atoms with Gasteiger partial charge in [0.1, 0.15) is 22.9 Å². The molecule has 0 saturated heterocycles. The van der Waals surface area contributed by atoms with E-state index in [1.165, 1.54) is 6.20 Å². The van der Waals surface area contributed by atoms with Crippen LogP contribution in [0.3, 0.4) is 0 Å². The van der Waals surface area contributed by atoms with Crippen molar-refractivity contribution < 1.29 is 14.6 Å². The fourth-order valence-corrected chi connectivity index (χ4v) is 4.91. The summed E-state index contributed by atoms with van der Waals surface area (Å²) in [6, 6.07) is 4.98. The number of hydrogen-bond donors (Lipinski definition) is 4. The second-order valence-corrected chi connectivity index (χ2v) is 9.24. The highest BCUT2D eigenvalue weighted by atomic mass is 16.5. The summed E-state index contributed by atoms with van der Waals surface area (Å²) in [5.74, 6) is 0.770. The number of methoxy groups -OCH3 is 1. The van der Waals surface area contributed by atoms with E-state index in [-0.39, 0.29) is 29.7 Å². The van der Waals surface area contributed by atoms with Gasteiger partial charge in [0, 0.05) is 32.5 Å². The molecule has 0 aliphatic heterocycles. The monoisotopic (exact) mass is 481 g/mol. The number of carbonyl (C=O) groups is 1. The van der Waals surface area contributed by atoms with E-state index >= 15 is 0 Å². The van der Waals surface area contributed by atoms with Crippen LogP contribution in [-0.4, -0.2) is 62.6 Å². The van der Waals surface area contributed by atoms with Crippen LogP contribution >= 0.6 is 0 Å². The number of anilines is 3. The molecule has 2 saturated carbocycles. The number of rotatable bonds is 7. The number of nitrogens with one attached hydrogen (secondary N) is 3. The standard InChI is InChI=1S/C24H31N7O4/c1-25-21-12-20(28-17-7-4-10-30(24(17)34)18-8-9-19(18)32)29-22-16(13-26-31(21)22)23(33)27-14-5-3-6-15(11-14)35-2/h4,7,10,12-15,18-19,25,32H,3,5-6,8-9,11H2,1-2H3,(H,27,33)(H,28,29)/t14?,15-,18+,19+/m1/s1. The van der Waals surface area contributed by atoms with Gasteiger partial charge < -0.3 is 30.4 Å². The van der Waals surface area contributed by atoms with Gasteiger partial charge in [-0.1, -0.05) is 0 Å². The first-order valence-electron chi connectivity index (χ1n) is 12.0. The molecule has 3 heterocycles. The molecule has 35 heavy (non-hydrogen) atoms. The highest BCUT2D eigenvalue weighted by Crippen LogP contribution is 2.31. The zero-order chi connectivity index (χ0) is 24.5. The maximum Gasteiger partial charge on any atom is 0.274 e. The zero-order valence-corrected chi connectivity index (χ0v) is 19.9. The first-order valence-corrected chi connectivity index (χ1v) is 12.0. The van der Waals surface area contributed by atoms with Gasteiger partial charge >= 0.3 is 0 Å². The predicted octanol–water partition coefficient (Wildman–Crippen LogP) is 2.06. The Bertz CT molecular complexity index is 1290. The number of pyridine rings is 1. The Morgan fingerprint density at radius 1 is 1.26 bits per heavy atom. The molecule has 2 fully saturated rings. The Labute approximate surface area is 202 Å². The van der Waals surface area contributed by atoms with Crippen molar-refractivity contribution in [3.05, 3.63) is 46.5 Å². The van der Waals surface area contributed by atoms with E-state index in [1.807, 2.05) is 0 Å². The molecular weight excluding hydrogens is 450 g/mol. The number of hydrogen-bond acceptors (Lipinski definition) is 8. The van der Waals surface area contributed by atoms with Crippen molar-refractivity contribution in [2.24, 2.45) is 0 Å². The van der Waals surface area contributed by atoms with Gasteiger partial charge in [-0.25, -0.2) is 4.98 Å². The molecule has 2 aliphatic carbocycles. The van der Waals surface area contributed by atoms with Crippen LogP contribution in [0.2, 0.25) is 0 Å². The lowest BCUT2D eigenvalue weighted by molar-refractivity contribution is 0.0300. The molecule has 4 N–H and O–H groups in total. The van der Waals surface area contributed by atoms with Gasteiger partial charge in [0.25, 0.3) is 11.5 Å². The third-order valence-electron chi connectivity index (χ3n) is 7.06. The fourth-order valence-electron chi connectivity index (χ4n) is 4.91. The normalized spacial score (nSPS) is 24.1. The summed E-state index contributed by atoms with van der Waals surface area (Å²) in [4.78, 5) is 30.8. The van der Waals surface area contributed by atoms with Crippen molar-refractivity contribution in [3.8, 4) is 0 Å². The molecule has 11 heteroatoms. The second kappa shape index (κ2) is 9.67. The minimum atomic E-state index is -0.510. The lowest BCUT2D eigenvalue weighted by Crippen LogP contribution is -2.40. The molecule has 186 valence electrons. The molecule has 4 atom stereocenters. The molecule has 3 aromatic heterocycles. The van der Waals surface area contributed by atoms with E-state index in [0.717, 1.165) is 32.1 Å². The Hall–Kier alpha value is -3.44. The number of aliphatic hydroxyl groups excluding tert-OH is 1. The van der Waals surface area contributed by atoms with Crippen LogP contribution in [0, 0.1) is 0 Å². The van der Waals surface area contributed by atoms with Crippen molar-refractivity contribution in [3.63, 3.8) is 0 Å². The molecule has 0 aromatic carbocycles. The number of aromatic nitrogens is 4. The van der Waals surface area contributed by atoms with Gasteiger partial charge in [-0.05, 0) is 50.7 Å². The number of fused-ring (bicyclic) bond motifs is 1. The van der Waals surface area contributed by atoms with Crippen LogP contribution in [0.5, 0.6) is 0 Å². The third kappa shape index (κ3) is 4.48. The maximum atomic E-state index is 13.1. The van der Waals surface area contributed by atoms with E-state index in [4.69, 9.17) is 4.74 Å². The lowest BCUT2D eigenvalue weighted by atomic mass is 9.89. The van der Waals surface area contributed by atoms with Gasteiger partial charge in [-0.15, -0.1) is 0 Å². The molecule has 0 bridgehead atoms. The van der Waals surface area contributed by atoms with Crippen LogP contribution in [0.15, 0.2) is 35.4 Å². The summed E-state index contributed by atoms with van der Waals surface area (Å²) in [5, 5.41) is 23.6. The SMILES string of the molecule is CNc1cc(Nc2cccn([C@H]3CC[C@@H]3O)c2=O)nc2c(C(=O)NC3CCC[C@@H](OC)C3)cnn12. The number of amides is 1. The molecule has 1 amide bonds. The average Bonchev–Trinajstić information content (AvgIpc) is 3.29. The Morgan fingerprint density at radius 2 is 2.11 bits per heavy atom. The number of ether oxygens (including phenoxy) is 1. The molecule has 0 spiro atoms. The molecule has 3 aromatic rings. The van der Waals surface area contributed by atoms with E-state index in [2.05, 4.69) is 26.0 Å². The molecule has 2 aliphatic rings. The van der Waals surface area contributed by atoms with Crippen LogP contribution < -0.4 is 21.5 Å². The molecule has 0 radical (unpaired) electrons. The van der Waals surface area contributed by atoms with Gasteiger partial charge in [-0.3, -0.25) is 9.59 Å². The Balaban J connectivity index is 1.43. The van der Waals surface area contributed by atoms with Crippen molar-refractivity contribution in [2.75, 3.05) is 24.8 Å². The summed E-state index contributed by atoms with van der Waals surface area (Å²) >= 11 is 0. The number of carbonyl (C=O) groups excluding carboxylic acids is 1. The summed E-state index contributed by atoms with van der Waals surface area (Å²) < 4.78 is 8.60. The average molecular weight is 482 g/mol. The fraction of sp³-hybridized carbons (Fsp3) is 0.500. The minimum Gasteiger partial charge on any atom is -0.391 e. The van der Waals surface area contributed by atoms with Gasteiger partial charge in [0.15, 0.2) is 5.65 Å². The summed E-state index contributed by atoms with van der Waals surface area (Å²) in [7, 11) is 3.45. The van der Waals surface area contributed by atoms with Crippen molar-refractivity contribution in [1.29, 1.82) is 0 Å². The lowest BCUT2D eigenvalue weighted by Gasteiger charge is -2.34. The summed E-state index contributed by atoms with van der Waals surface area (Å²) in [6.07, 6.45) is 7.98. The second-order valence-electron chi connectivity index (χ2n) is 9.24. The van der Waals surface area contributed by atoms with E-state index in [0.29, 0.717) is 35.0 Å². The summed E-state index contributed by atoms with van der Waals surface area (Å²) in [5.41, 5.74) is 0.832. The highest BCUT2D eigenvalue weighted by Gasteiger charge is 2.31. The molecule has 5 rings (SSSR count). The van der Waals surface area contributed by atoms with Crippen LogP contribution in [0.25, 0.3) is 5.65 Å². The molecule has 1 unspecified atom stereocenters. The molecular formula is C24H31N7O4. The number of aliphatic hydroxyl groups is 1. The van der Waals surface area contributed by atoms with Crippen LogP contribution in [-0.2, 0) is 4.74 Å².